The highest BCUT2D eigenvalue weighted by Crippen LogP contribution is 2.38. The average Bonchev–Trinajstić information content (AvgIpc) is 2.67. The molecule has 0 bridgehead atoms. The van der Waals surface area contributed by atoms with Gasteiger partial charge in [0.1, 0.15) is 5.82 Å². The standard InChI is InChI=1S/C21H30FN3O2/c1-4-25-19(26)10-9-17(20(25)16-7-5-6-8-18(16)22)21(27)24-13-11-23(12-14-24)15(2)3/h5-8,15,17,20H,4,9-14H2,1-3H3/t17-,20+/m1/s1. The largest absolute Gasteiger partial charge is 0.340 e. The normalized spacial score (nSPS) is 24.6. The number of nitrogens with zero attached hydrogens (tertiary/aromatic N) is 3. The third kappa shape index (κ3) is 4.00. The Morgan fingerprint density at radius 2 is 1.85 bits per heavy atom. The Morgan fingerprint density at radius 1 is 1.19 bits per heavy atom. The van der Waals surface area contributed by atoms with E-state index in [0.717, 1.165) is 13.1 Å². The molecule has 0 radical (unpaired) electrons. The van der Waals surface area contributed by atoms with Crippen molar-refractivity contribution >= 4 is 11.8 Å². The van der Waals surface area contributed by atoms with Gasteiger partial charge in [-0.1, -0.05) is 18.2 Å². The third-order valence-electron chi connectivity index (χ3n) is 5.94. The van der Waals surface area contributed by atoms with Crippen LogP contribution in [-0.4, -0.2) is 65.3 Å². The maximum atomic E-state index is 14.6. The number of rotatable bonds is 4. The Hall–Kier alpha value is -1.95. The molecule has 6 heteroatoms. The molecule has 2 saturated heterocycles. The van der Waals surface area contributed by atoms with Gasteiger partial charge in [-0.3, -0.25) is 14.5 Å². The van der Waals surface area contributed by atoms with Crippen LogP contribution >= 0.6 is 0 Å². The third-order valence-corrected chi connectivity index (χ3v) is 5.94. The average molecular weight is 375 g/mol. The first-order valence-electron chi connectivity index (χ1n) is 10.0. The summed E-state index contributed by atoms with van der Waals surface area (Å²) in [5.41, 5.74) is 0.451. The summed E-state index contributed by atoms with van der Waals surface area (Å²) in [7, 11) is 0. The molecule has 27 heavy (non-hydrogen) atoms. The molecule has 2 atom stereocenters. The monoisotopic (exact) mass is 375 g/mol. The maximum absolute atomic E-state index is 14.6. The summed E-state index contributed by atoms with van der Waals surface area (Å²) >= 11 is 0. The second-order valence-corrected chi connectivity index (χ2v) is 7.75. The minimum Gasteiger partial charge on any atom is -0.340 e. The summed E-state index contributed by atoms with van der Waals surface area (Å²) in [6.45, 7) is 9.79. The molecule has 0 aromatic heterocycles. The fraction of sp³-hybridized carbons (Fsp3) is 0.619. The van der Waals surface area contributed by atoms with E-state index in [-0.39, 0.29) is 23.5 Å². The molecule has 3 rings (SSSR count). The fourth-order valence-electron chi connectivity index (χ4n) is 4.38. The number of benzene rings is 1. The first-order valence-corrected chi connectivity index (χ1v) is 10.0. The lowest BCUT2D eigenvalue weighted by molar-refractivity contribution is -0.149. The van der Waals surface area contributed by atoms with E-state index in [1.165, 1.54) is 6.07 Å². The zero-order valence-corrected chi connectivity index (χ0v) is 16.5. The van der Waals surface area contributed by atoms with Crippen LogP contribution in [0.5, 0.6) is 0 Å². The molecule has 0 aliphatic carbocycles. The van der Waals surface area contributed by atoms with Crippen molar-refractivity contribution in [2.75, 3.05) is 32.7 Å². The minimum atomic E-state index is -0.520. The van der Waals surface area contributed by atoms with Gasteiger partial charge in [0.2, 0.25) is 11.8 Å². The Morgan fingerprint density at radius 3 is 2.44 bits per heavy atom. The Labute approximate surface area is 161 Å². The number of likely N-dealkylation sites (tertiary alicyclic amines) is 1. The van der Waals surface area contributed by atoms with E-state index in [4.69, 9.17) is 0 Å². The summed E-state index contributed by atoms with van der Waals surface area (Å²) in [6, 6.07) is 6.48. The zero-order valence-electron chi connectivity index (χ0n) is 16.5. The Kier molecular flexibility index (Phi) is 6.15. The number of hydrogen-bond donors (Lipinski definition) is 0. The summed E-state index contributed by atoms with van der Waals surface area (Å²) in [5, 5.41) is 0. The molecule has 2 heterocycles. The van der Waals surface area contributed by atoms with Gasteiger partial charge in [0.05, 0.1) is 12.0 Å². The lowest BCUT2D eigenvalue weighted by atomic mass is 9.83. The summed E-state index contributed by atoms with van der Waals surface area (Å²) in [4.78, 5) is 31.7. The molecule has 2 amide bonds. The van der Waals surface area contributed by atoms with Crippen LogP contribution in [0.25, 0.3) is 0 Å². The lowest BCUT2D eigenvalue weighted by Gasteiger charge is -2.44. The molecule has 0 unspecified atom stereocenters. The van der Waals surface area contributed by atoms with Crippen LogP contribution < -0.4 is 0 Å². The van der Waals surface area contributed by atoms with E-state index in [9.17, 15) is 14.0 Å². The molecular formula is C21H30FN3O2. The van der Waals surface area contributed by atoms with Crippen LogP contribution in [-0.2, 0) is 9.59 Å². The number of amides is 2. The predicted octanol–water partition coefficient (Wildman–Crippen LogP) is 2.68. The Balaban J connectivity index is 1.84. The number of carbonyl (C=O) groups is 2. The van der Waals surface area contributed by atoms with Crippen LogP contribution in [0, 0.1) is 11.7 Å². The number of piperazine rings is 1. The van der Waals surface area contributed by atoms with Crippen molar-refractivity contribution in [3.63, 3.8) is 0 Å². The van der Waals surface area contributed by atoms with E-state index < -0.39 is 6.04 Å². The van der Waals surface area contributed by atoms with Gasteiger partial charge < -0.3 is 9.80 Å². The van der Waals surface area contributed by atoms with Gasteiger partial charge in [-0.05, 0) is 33.3 Å². The van der Waals surface area contributed by atoms with Gasteiger partial charge >= 0.3 is 0 Å². The summed E-state index contributed by atoms with van der Waals surface area (Å²) < 4.78 is 14.6. The Bertz CT molecular complexity index is 686. The molecule has 5 nitrogen and oxygen atoms in total. The van der Waals surface area contributed by atoms with Crippen LogP contribution in [0.4, 0.5) is 4.39 Å². The molecule has 0 saturated carbocycles. The molecule has 1 aromatic carbocycles. The van der Waals surface area contributed by atoms with E-state index >= 15 is 0 Å². The maximum Gasteiger partial charge on any atom is 0.228 e. The highest BCUT2D eigenvalue weighted by Gasteiger charge is 2.42. The van der Waals surface area contributed by atoms with Crippen molar-refractivity contribution in [1.82, 2.24) is 14.7 Å². The van der Waals surface area contributed by atoms with E-state index in [1.54, 1.807) is 23.1 Å². The van der Waals surface area contributed by atoms with E-state index in [0.29, 0.717) is 44.1 Å². The van der Waals surface area contributed by atoms with E-state index in [2.05, 4.69) is 18.7 Å². The highest BCUT2D eigenvalue weighted by atomic mass is 19.1. The number of carbonyl (C=O) groups excluding carboxylic acids is 2. The SMILES string of the molecule is CCN1C(=O)CC[C@@H](C(=O)N2CCN(C(C)C)CC2)[C@@H]1c1ccccc1F. The number of hydrogen-bond acceptors (Lipinski definition) is 3. The second kappa shape index (κ2) is 8.38. The zero-order chi connectivity index (χ0) is 19.6. The van der Waals surface area contributed by atoms with Crippen molar-refractivity contribution in [2.24, 2.45) is 5.92 Å². The molecule has 148 valence electrons. The van der Waals surface area contributed by atoms with Crippen molar-refractivity contribution < 1.29 is 14.0 Å². The van der Waals surface area contributed by atoms with Crippen LogP contribution in [0.3, 0.4) is 0 Å². The highest BCUT2D eigenvalue weighted by molar-refractivity contribution is 5.85. The van der Waals surface area contributed by atoms with Crippen molar-refractivity contribution in [1.29, 1.82) is 0 Å². The van der Waals surface area contributed by atoms with Crippen molar-refractivity contribution in [3.05, 3.63) is 35.6 Å². The molecule has 1 aromatic rings. The lowest BCUT2D eigenvalue weighted by Crippen LogP contribution is -2.55. The van der Waals surface area contributed by atoms with Gasteiger partial charge in [-0.15, -0.1) is 0 Å². The first-order chi connectivity index (χ1) is 12.9. The number of halogens is 1. The molecule has 2 fully saturated rings. The van der Waals surface area contributed by atoms with E-state index in [1.807, 2.05) is 11.8 Å². The van der Waals surface area contributed by atoms with Gasteiger partial charge in [0, 0.05) is 50.7 Å². The smallest absolute Gasteiger partial charge is 0.228 e. The molecule has 0 spiro atoms. The topological polar surface area (TPSA) is 43.9 Å². The van der Waals surface area contributed by atoms with Crippen LogP contribution in [0.1, 0.15) is 45.2 Å². The van der Waals surface area contributed by atoms with Crippen molar-refractivity contribution in [3.8, 4) is 0 Å². The van der Waals surface area contributed by atoms with Crippen molar-refractivity contribution in [2.45, 2.75) is 45.7 Å². The van der Waals surface area contributed by atoms with Gasteiger partial charge in [0.25, 0.3) is 0 Å². The van der Waals surface area contributed by atoms with Crippen LogP contribution in [0.2, 0.25) is 0 Å². The van der Waals surface area contributed by atoms with Gasteiger partial charge in [0.15, 0.2) is 0 Å². The first kappa shape index (κ1) is 19.8. The second-order valence-electron chi connectivity index (χ2n) is 7.75. The van der Waals surface area contributed by atoms with Gasteiger partial charge in [-0.25, -0.2) is 4.39 Å². The quantitative estimate of drug-likeness (QED) is 0.813. The molecular weight excluding hydrogens is 345 g/mol. The molecule has 2 aliphatic rings. The van der Waals surface area contributed by atoms with Crippen LogP contribution in [0.15, 0.2) is 24.3 Å². The number of piperidine rings is 1. The molecule has 0 N–H and O–H groups in total. The predicted molar refractivity (Wildman–Crippen MR) is 103 cm³/mol. The summed E-state index contributed by atoms with van der Waals surface area (Å²) in [5.74, 6) is -0.680. The molecule has 2 aliphatic heterocycles. The minimum absolute atomic E-state index is 0.000528. The summed E-state index contributed by atoms with van der Waals surface area (Å²) in [6.07, 6.45) is 0.832. The van der Waals surface area contributed by atoms with Gasteiger partial charge in [-0.2, -0.15) is 0 Å². The fourth-order valence-corrected chi connectivity index (χ4v) is 4.38.